The van der Waals surface area contributed by atoms with Crippen LogP contribution in [0.5, 0.6) is 0 Å². The summed E-state index contributed by atoms with van der Waals surface area (Å²) in [6.07, 6.45) is 0.0802. The molecule has 0 nitrogen and oxygen atoms in total. The van der Waals surface area contributed by atoms with E-state index >= 15 is 0 Å². The van der Waals surface area contributed by atoms with Crippen LogP contribution in [0.1, 0.15) is 60.8 Å². The van der Waals surface area contributed by atoms with Crippen LogP contribution in [0.3, 0.4) is 0 Å². The first-order valence-corrected chi connectivity index (χ1v) is 6.19. The first kappa shape index (κ1) is 16.7. The molecule has 104 valence electrons. The third kappa shape index (κ3) is 2.32. The van der Waals surface area contributed by atoms with E-state index in [0.29, 0.717) is 0 Å². The van der Waals surface area contributed by atoms with E-state index < -0.39 is 22.7 Å². The standard InChI is InChI=1S/C13H24F4/c1-7-10(4,5)12(14,15)13(16,17)11(6,8-2)9-3/h7-9H2,1-6H3. The van der Waals surface area contributed by atoms with Crippen LogP contribution < -0.4 is 0 Å². The quantitative estimate of drug-likeness (QED) is 0.549. The summed E-state index contributed by atoms with van der Waals surface area (Å²) >= 11 is 0. The summed E-state index contributed by atoms with van der Waals surface area (Å²) < 4.78 is 56.6. The lowest BCUT2D eigenvalue weighted by Gasteiger charge is -2.46. The van der Waals surface area contributed by atoms with Gasteiger partial charge < -0.3 is 0 Å². The average molecular weight is 256 g/mol. The zero-order chi connectivity index (χ0) is 14.1. The molecule has 0 aliphatic rings. The van der Waals surface area contributed by atoms with Gasteiger partial charge in [-0.25, -0.2) is 0 Å². The first-order chi connectivity index (χ1) is 7.43. The number of hydrogen-bond acceptors (Lipinski definition) is 0. The summed E-state index contributed by atoms with van der Waals surface area (Å²) in [5.41, 5.74) is -3.37. The molecule has 17 heavy (non-hydrogen) atoms. The lowest BCUT2D eigenvalue weighted by Crippen LogP contribution is -2.58. The van der Waals surface area contributed by atoms with Crippen LogP contribution >= 0.6 is 0 Å². The van der Waals surface area contributed by atoms with Crippen molar-refractivity contribution in [2.75, 3.05) is 0 Å². The fourth-order valence-corrected chi connectivity index (χ4v) is 1.72. The molecule has 0 aromatic rings. The van der Waals surface area contributed by atoms with E-state index in [1.165, 1.54) is 41.5 Å². The SMILES string of the molecule is CCC(C)(C)C(F)(F)C(F)(F)C(C)(CC)CC. The van der Waals surface area contributed by atoms with Gasteiger partial charge in [-0.3, -0.25) is 0 Å². The Kier molecular flexibility index (Phi) is 4.69. The van der Waals surface area contributed by atoms with Crippen LogP contribution in [0, 0.1) is 10.8 Å². The maximum atomic E-state index is 14.2. The number of halogens is 4. The highest BCUT2D eigenvalue weighted by molar-refractivity contribution is 5.03. The Hall–Kier alpha value is -0.280. The van der Waals surface area contributed by atoms with E-state index in [2.05, 4.69) is 0 Å². The third-order valence-electron chi connectivity index (χ3n) is 4.45. The molecule has 0 saturated carbocycles. The predicted octanol–water partition coefficient (Wildman–Crippen LogP) is 5.52. The molecule has 0 aromatic carbocycles. The van der Waals surface area contributed by atoms with Crippen LogP contribution in [-0.4, -0.2) is 11.8 Å². The van der Waals surface area contributed by atoms with E-state index in [-0.39, 0.29) is 19.3 Å². The number of alkyl halides is 4. The molecule has 0 saturated heterocycles. The summed E-state index contributed by atoms with van der Waals surface area (Å²) in [7, 11) is 0. The molecule has 0 unspecified atom stereocenters. The van der Waals surface area contributed by atoms with Crippen LogP contribution in [0.25, 0.3) is 0 Å². The molecule has 0 amide bonds. The fraction of sp³-hybridized carbons (Fsp3) is 1.00. The third-order valence-corrected chi connectivity index (χ3v) is 4.45. The van der Waals surface area contributed by atoms with E-state index in [1.807, 2.05) is 0 Å². The largest absolute Gasteiger partial charge is 0.315 e. The highest BCUT2D eigenvalue weighted by atomic mass is 19.3. The average Bonchev–Trinajstić information content (AvgIpc) is 2.26. The van der Waals surface area contributed by atoms with E-state index in [9.17, 15) is 17.6 Å². The number of hydrogen-bond donors (Lipinski definition) is 0. The van der Waals surface area contributed by atoms with Gasteiger partial charge in [0.2, 0.25) is 0 Å². The summed E-state index contributed by atoms with van der Waals surface area (Å²) in [5.74, 6) is -8.00. The van der Waals surface area contributed by atoms with Crippen molar-refractivity contribution in [3.63, 3.8) is 0 Å². The van der Waals surface area contributed by atoms with Gasteiger partial charge in [-0.1, -0.05) is 41.5 Å². The number of rotatable bonds is 6. The summed E-state index contributed by atoms with van der Waals surface area (Å²) in [6, 6.07) is 0. The minimum absolute atomic E-state index is 0.0130. The molecule has 0 N–H and O–H groups in total. The maximum absolute atomic E-state index is 14.2. The second-order valence-corrected chi connectivity index (χ2v) is 5.65. The molecule has 0 radical (unpaired) electrons. The van der Waals surface area contributed by atoms with Gasteiger partial charge in [0, 0.05) is 10.8 Å². The zero-order valence-corrected chi connectivity index (χ0v) is 11.6. The minimum atomic E-state index is -4.00. The second kappa shape index (κ2) is 4.77. The molecule has 0 aliphatic carbocycles. The van der Waals surface area contributed by atoms with Crippen molar-refractivity contribution in [1.29, 1.82) is 0 Å². The Morgan fingerprint density at radius 3 is 1.24 bits per heavy atom. The first-order valence-electron chi connectivity index (χ1n) is 6.19. The molecular weight excluding hydrogens is 232 g/mol. The van der Waals surface area contributed by atoms with Gasteiger partial charge in [-0.2, -0.15) is 17.6 Å². The molecule has 0 aromatic heterocycles. The summed E-state index contributed by atoms with van der Waals surface area (Å²) in [4.78, 5) is 0. The highest BCUT2D eigenvalue weighted by Gasteiger charge is 2.70. The monoisotopic (exact) mass is 256 g/mol. The van der Waals surface area contributed by atoms with Crippen LogP contribution in [0.2, 0.25) is 0 Å². The molecule has 0 fully saturated rings. The van der Waals surface area contributed by atoms with Crippen molar-refractivity contribution in [3.05, 3.63) is 0 Å². The minimum Gasteiger partial charge on any atom is -0.199 e. The fourth-order valence-electron chi connectivity index (χ4n) is 1.72. The van der Waals surface area contributed by atoms with E-state index in [4.69, 9.17) is 0 Å². The Bertz CT molecular complexity index is 252. The molecular formula is C13H24F4. The van der Waals surface area contributed by atoms with Gasteiger partial charge in [0.15, 0.2) is 0 Å². The van der Waals surface area contributed by atoms with Crippen LogP contribution in [0.4, 0.5) is 17.6 Å². The van der Waals surface area contributed by atoms with Crippen molar-refractivity contribution < 1.29 is 17.6 Å². The molecule has 0 bridgehead atoms. The van der Waals surface area contributed by atoms with Gasteiger partial charge in [-0.05, 0) is 19.3 Å². The summed E-state index contributed by atoms with van der Waals surface area (Å²) in [6.45, 7) is 8.23. The topological polar surface area (TPSA) is 0 Å². The molecule has 4 heteroatoms. The Balaban J connectivity index is 5.59. The molecule has 0 spiro atoms. The lowest BCUT2D eigenvalue weighted by atomic mass is 9.68. The Morgan fingerprint density at radius 2 is 1.00 bits per heavy atom. The van der Waals surface area contributed by atoms with Crippen molar-refractivity contribution in [2.24, 2.45) is 10.8 Å². The van der Waals surface area contributed by atoms with Crippen LogP contribution in [0.15, 0.2) is 0 Å². The predicted molar refractivity (Wildman–Crippen MR) is 62.7 cm³/mol. The van der Waals surface area contributed by atoms with E-state index in [0.717, 1.165) is 0 Å². The Morgan fingerprint density at radius 1 is 0.647 bits per heavy atom. The van der Waals surface area contributed by atoms with Crippen molar-refractivity contribution in [2.45, 2.75) is 72.6 Å². The van der Waals surface area contributed by atoms with Gasteiger partial charge in [0.25, 0.3) is 0 Å². The molecule has 0 heterocycles. The van der Waals surface area contributed by atoms with Gasteiger partial charge in [0.05, 0.1) is 0 Å². The van der Waals surface area contributed by atoms with Crippen LogP contribution in [-0.2, 0) is 0 Å². The second-order valence-electron chi connectivity index (χ2n) is 5.65. The summed E-state index contributed by atoms with van der Waals surface area (Å²) in [5, 5.41) is 0. The van der Waals surface area contributed by atoms with Crippen molar-refractivity contribution in [1.82, 2.24) is 0 Å². The van der Waals surface area contributed by atoms with Gasteiger partial charge in [-0.15, -0.1) is 0 Å². The molecule has 0 rings (SSSR count). The lowest BCUT2D eigenvalue weighted by molar-refractivity contribution is -0.307. The van der Waals surface area contributed by atoms with Gasteiger partial charge >= 0.3 is 11.8 Å². The van der Waals surface area contributed by atoms with Crippen molar-refractivity contribution in [3.8, 4) is 0 Å². The van der Waals surface area contributed by atoms with Gasteiger partial charge in [0.1, 0.15) is 0 Å². The highest BCUT2D eigenvalue weighted by Crippen LogP contribution is 2.57. The smallest absolute Gasteiger partial charge is 0.199 e. The zero-order valence-electron chi connectivity index (χ0n) is 11.6. The molecule has 0 aliphatic heterocycles. The normalized spacial score (nSPS) is 15.2. The maximum Gasteiger partial charge on any atom is 0.315 e. The molecule has 0 atom stereocenters. The Labute approximate surface area is 102 Å². The van der Waals surface area contributed by atoms with Crippen molar-refractivity contribution >= 4 is 0 Å². The van der Waals surface area contributed by atoms with E-state index in [1.54, 1.807) is 0 Å².